The number of carbonyl (C=O) groups is 1. The Balaban J connectivity index is 1.72. The van der Waals surface area contributed by atoms with Crippen LogP contribution in [0.5, 0.6) is 0 Å². The van der Waals surface area contributed by atoms with Crippen molar-refractivity contribution in [3.8, 4) is 0 Å². The van der Waals surface area contributed by atoms with Crippen molar-refractivity contribution in [3.05, 3.63) is 77.9 Å². The van der Waals surface area contributed by atoms with Gasteiger partial charge < -0.3 is 9.84 Å². The van der Waals surface area contributed by atoms with Crippen LogP contribution in [0.4, 0.5) is 4.79 Å². The van der Waals surface area contributed by atoms with Gasteiger partial charge in [0.2, 0.25) is 0 Å². The number of hydrogen-bond donors (Lipinski definition) is 1. The van der Waals surface area contributed by atoms with Crippen LogP contribution in [-0.2, 0) is 4.74 Å². The molecular formula is C21H23NO3. The fraction of sp³-hybridized carbons (Fsp3) is 0.286. The SMILES string of the molecule is O=C(O)O[C@@H]1CCCN1CCC=C(c1ccccc1)c1ccccc1. The molecule has 4 heteroatoms. The van der Waals surface area contributed by atoms with Crippen LogP contribution in [0.25, 0.3) is 5.57 Å². The highest BCUT2D eigenvalue weighted by Crippen LogP contribution is 2.25. The maximum absolute atomic E-state index is 10.8. The number of likely N-dealkylation sites (tertiary alicyclic amines) is 1. The van der Waals surface area contributed by atoms with E-state index in [1.165, 1.54) is 16.7 Å². The Hall–Kier alpha value is -2.59. The third-order valence-electron chi connectivity index (χ3n) is 4.47. The van der Waals surface area contributed by atoms with Gasteiger partial charge in [0.1, 0.15) is 0 Å². The van der Waals surface area contributed by atoms with Gasteiger partial charge in [0.25, 0.3) is 0 Å². The van der Waals surface area contributed by atoms with Crippen molar-refractivity contribution in [2.75, 3.05) is 13.1 Å². The van der Waals surface area contributed by atoms with Crippen LogP contribution in [0.2, 0.25) is 0 Å². The number of ether oxygens (including phenoxy) is 1. The fourth-order valence-electron chi connectivity index (χ4n) is 3.31. The van der Waals surface area contributed by atoms with E-state index in [0.29, 0.717) is 0 Å². The van der Waals surface area contributed by atoms with Crippen LogP contribution in [-0.4, -0.2) is 35.5 Å². The van der Waals surface area contributed by atoms with Crippen molar-refractivity contribution < 1.29 is 14.6 Å². The highest BCUT2D eigenvalue weighted by atomic mass is 16.7. The van der Waals surface area contributed by atoms with E-state index in [2.05, 4.69) is 35.2 Å². The van der Waals surface area contributed by atoms with Crippen LogP contribution in [0, 0.1) is 0 Å². The maximum Gasteiger partial charge on any atom is 0.507 e. The van der Waals surface area contributed by atoms with E-state index in [9.17, 15) is 4.79 Å². The van der Waals surface area contributed by atoms with E-state index in [1.54, 1.807) is 0 Å². The van der Waals surface area contributed by atoms with Gasteiger partial charge in [-0.05, 0) is 36.0 Å². The third kappa shape index (κ3) is 4.70. The molecule has 1 aliphatic rings. The molecule has 3 rings (SSSR count). The lowest BCUT2D eigenvalue weighted by Gasteiger charge is -2.22. The van der Waals surface area contributed by atoms with Crippen LogP contribution in [0.15, 0.2) is 66.7 Å². The van der Waals surface area contributed by atoms with Gasteiger partial charge in [-0.15, -0.1) is 0 Å². The maximum atomic E-state index is 10.8. The molecule has 1 heterocycles. The second kappa shape index (κ2) is 8.49. The average Bonchev–Trinajstić information content (AvgIpc) is 3.06. The predicted octanol–water partition coefficient (Wildman–Crippen LogP) is 4.62. The first-order valence-electron chi connectivity index (χ1n) is 8.68. The van der Waals surface area contributed by atoms with E-state index in [1.807, 2.05) is 36.4 Å². The van der Waals surface area contributed by atoms with Gasteiger partial charge in [-0.25, -0.2) is 4.79 Å². The summed E-state index contributed by atoms with van der Waals surface area (Å²) in [5, 5.41) is 8.84. The molecule has 0 spiro atoms. The van der Waals surface area contributed by atoms with Gasteiger partial charge in [0.05, 0.1) is 0 Å². The number of carboxylic acid groups (broad SMARTS) is 1. The molecule has 0 bridgehead atoms. The molecule has 0 saturated carbocycles. The summed E-state index contributed by atoms with van der Waals surface area (Å²) in [7, 11) is 0. The molecule has 0 aromatic heterocycles. The lowest BCUT2D eigenvalue weighted by Crippen LogP contribution is -2.33. The molecule has 0 aliphatic carbocycles. The molecule has 1 saturated heterocycles. The highest BCUT2D eigenvalue weighted by Gasteiger charge is 2.26. The van der Waals surface area contributed by atoms with E-state index < -0.39 is 6.16 Å². The third-order valence-corrected chi connectivity index (χ3v) is 4.47. The monoisotopic (exact) mass is 337 g/mol. The highest BCUT2D eigenvalue weighted by molar-refractivity contribution is 5.79. The van der Waals surface area contributed by atoms with Gasteiger partial charge in [-0.3, -0.25) is 4.90 Å². The molecular weight excluding hydrogens is 314 g/mol. The summed E-state index contributed by atoms with van der Waals surface area (Å²) < 4.78 is 4.97. The Morgan fingerprint density at radius 3 is 2.24 bits per heavy atom. The predicted molar refractivity (Wildman–Crippen MR) is 98.3 cm³/mol. The zero-order chi connectivity index (χ0) is 17.5. The number of benzene rings is 2. The van der Waals surface area contributed by atoms with E-state index in [4.69, 9.17) is 9.84 Å². The average molecular weight is 337 g/mol. The van der Waals surface area contributed by atoms with Crippen molar-refractivity contribution in [1.29, 1.82) is 0 Å². The summed E-state index contributed by atoms with van der Waals surface area (Å²) in [6.45, 7) is 1.68. The molecule has 0 unspecified atom stereocenters. The van der Waals surface area contributed by atoms with Crippen LogP contribution in [0.3, 0.4) is 0 Å². The topological polar surface area (TPSA) is 49.8 Å². The molecule has 1 atom stereocenters. The molecule has 0 radical (unpaired) electrons. The molecule has 0 amide bonds. The first-order valence-corrected chi connectivity index (χ1v) is 8.68. The Bertz CT molecular complexity index is 671. The zero-order valence-electron chi connectivity index (χ0n) is 14.2. The minimum Gasteiger partial charge on any atom is -0.450 e. The van der Waals surface area contributed by atoms with Crippen LogP contribution >= 0.6 is 0 Å². The molecule has 130 valence electrons. The van der Waals surface area contributed by atoms with E-state index in [-0.39, 0.29) is 6.23 Å². The molecule has 2 aromatic rings. The lowest BCUT2D eigenvalue weighted by atomic mass is 9.97. The number of nitrogens with zero attached hydrogens (tertiary/aromatic N) is 1. The minimum atomic E-state index is -1.19. The summed E-state index contributed by atoms with van der Waals surface area (Å²) in [6, 6.07) is 20.7. The largest absolute Gasteiger partial charge is 0.507 e. The standard InChI is InChI=1S/C21H23NO3/c23-21(24)25-20-14-8-16-22(20)15-7-13-19(17-9-3-1-4-10-17)18-11-5-2-6-12-18/h1-6,9-13,20H,7-8,14-16H2,(H,23,24)/t20-/m1/s1. The second-order valence-corrected chi connectivity index (χ2v) is 6.16. The van der Waals surface area contributed by atoms with Gasteiger partial charge in [-0.1, -0.05) is 66.7 Å². The van der Waals surface area contributed by atoms with E-state index >= 15 is 0 Å². The lowest BCUT2D eigenvalue weighted by molar-refractivity contribution is -0.0127. The molecule has 1 fully saturated rings. The Labute approximate surface area is 148 Å². The summed E-state index contributed by atoms with van der Waals surface area (Å²) in [5.41, 5.74) is 3.58. The normalized spacial score (nSPS) is 17.2. The Kier molecular flexibility index (Phi) is 5.86. The number of rotatable bonds is 6. The van der Waals surface area contributed by atoms with Gasteiger partial charge in [0.15, 0.2) is 6.23 Å². The summed E-state index contributed by atoms with van der Waals surface area (Å²) in [4.78, 5) is 12.9. The second-order valence-electron chi connectivity index (χ2n) is 6.16. The van der Waals surface area contributed by atoms with Crippen molar-refractivity contribution >= 4 is 11.7 Å². The van der Waals surface area contributed by atoms with Gasteiger partial charge in [-0.2, -0.15) is 0 Å². The smallest absolute Gasteiger partial charge is 0.450 e. The van der Waals surface area contributed by atoms with E-state index in [0.717, 1.165) is 32.4 Å². The van der Waals surface area contributed by atoms with Crippen molar-refractivity contribution in [2.45, 2.75) is 25.5 Å². The molecule has 1 N–H and O–H groups in total. The van der Waals surface area contributed by atoms with Crippen molar-refractivity contribution in [3.63, 3.8) is 0 Å². The zero-order valence-corrected chi connectivity index (χ0v) is 14.2. The molecule has 4 nitrogen and oxygen atoms in total. The van der Waals surface area contributed by atoms with Crippen LogP contribution in [0.1, 0.15) is 30.4 Å². The quantitative estimate of drug-likeness (QED) is 0.781. The summed E-state index contributed by atoms with van der Waals surface area (Å²) in [5.74, 6) is 0. The van der Waals surface area contributed by atoms with Gasteiger partial charge >= 0.3 is 6.16 Å². The summed E-state index contributed by atoms with van der Waals surface area (Å²) >= 11 is 0. The molecule has 1 aliphatic heterocycles. The first-order chi connectivity index (χ1) is 12.2. The molecule has 25 heavy (non-hydrogen) atoms. The summed E-state index contributed by atoms with van der Waals surface area (Å²) in [6.07, 6.45) is 3.34. The minimum absolute atomic E-state index is 0.303. The Morgan fingerprint density at radius 1 is 1.08 bits per heavy atom. The van der Waals surface area contributed by atoms with Crippen molar-refractivity contribution in [1.82, 2.24) is 4.90 Å². The Morgan fingerprint density at radius 2 is 1.68 bits per heavy atom. The molecule has 2 aromatic carbocycles. The van der Waals surface area contributed by atoms with Gasteiger partial charge in [0, 0.05) is 13.1 Å². The first kappa shape index (κ1) is 17.2. The van der Waals surface area contributed by atoms with Crippen molar-refractivity contribution in [2.24, 2.45) is 0 Å². The van der Waals surface area contributed by atoms with Crippen LogP contribution < -0.4 is 0 Å². The number of hydrogen-bond acceptors (Lipinski definition) is 3. The fourth-order valence-corrected chi connectivity index (χ4v) is 3.31.